The van der Waals surface area contributed by atoms with Crippen LogP contribution >= 0.6 is 0 Å². The van der Waals surface area contributed by atoms with Gasteiger partial charge >= 0.3 is 23.9 Å². The van der Waals surface area contributed by atoms with Gasteiger partial charge in [0, 0.05) is 23.3 Å². The summed E-state index contributed by atoms with van der Waals surface area (Å²) in [5.74, 6) is -0.126. The number of unbranched alkanes of at least 4 members (excludes halogenated alkanes) is 10. The molecule has 2 aromatic heterocycles. The first-order valence-electron chi connectivity index (χ1n) is 21.7. The molecule has 0 N–H and O–H groups in total. The summed E-state index contributed by atoms with van der Waals surface area (Å²) < 4.78 is 43.9. The van der Waals surface area contributed by atoms with E-state index in [4.69, 9.17) is 37.9 Å². The Kier molecular flexibility index (Phi) is 20.9. The second-order valence-corrected chi connectivity index (χ2v) is 14.6. The zero-order valence-corrected chi connectivity index (χ0v) is 36.1. The Labute approximate surface area is 373 Å². The molecule has 340 valence electrons. The molecule has 4 aromatic rings. The van der Waals surface area contributed by atoms with Gasteiger partial charge in [-0.1, -0.05) is 88.8 Å². The molecule has 16 nitrogen and oxygen atoms in total. The molecule has 16 heteroatoms. The fourth-order valence-corrected chi connectivity index (χ4v) is 6.27. The molecule has 0 spiro atoms. The van der Waals surface area contributed by atoms with Crippen LogP contribution < -0.4 is 9.47 Å². The van der Waals surface area contributed by atoms with Crippen molar-refractivity contribution in [1.82, 2.24) is 19.9 Å². The standard InChI is InChI=1S/C48H56N4O12/c1-3-41(53)59-27-15-11-7-5-9-13-25-57-39-31-49-43(50-32-39)35-17-21-37(22-18-35)45(55)63-47-48(62-30-29-61-47)64-46(56)38-23-19-36(20-24-38)44-51-33-40(34-52-44)58-26-14-10-6-8-12-16-28-60-42(54)4-2/h3-4,17-24,31-34,47-48H,1-2,5-16,25-30H2/t47-,48-/m1/s1. The first-order valence-corrected chi connectivity index (χ1v) is 21.7. The first kappa shape index (κ1) is 48.5. The fraction of sp³-hybridized carbons (Fsp3) is 0.417. The highest BCUT2D eigenvalue weighted by molar-refractivity contribution is 5.91. The zero-order valence-electron chi connectivity index (χ0n) is 36.1. The highest BCUT2D eigenvalue weighted by Crippen LogP contribution is 2.23. The lowest BCUT2D eigenvalue weighted by molar-refractivity contribution is -0.288. The molecule has 1 fully saturated rings. The van der Waals surface area contributed by atoms with Gasteiger partial charge in [0.2, 0.25) is 0 Å². The highest BCUT2D eigenvalue weighted by Gasteiger charge is 2.34. The van der Waals surface area contributed by atoms with E-state index >= 15 is 0 Å². The van der Waals surface area contributed by atoms with Crippen molar-refractivity contribution in [2.45, 2.75) is 89.6 Å². The van der Waals surface area contributed by atoms with Gasteiger partial charge in [0.25, 0.3) is 12.6 Å². The van der Waals surface area contributed by atoms with Gasteiger partial charge in [0.05, 0.1) is 75.6 Å². The van der Waals surface area contributed by atoms with E-state index < -0.39 is 24.5 Å². The summed E-state index contributed by atoms with van der Waals surface area (Å²) in [7, 11) is 0. The molecule has 0 saturated carbocycles. The maximum absolute atomic E-state index is 13.1. The van der Waals surface area contributed by atoms with Crippen LogP contribution in [0.5, 0.6) is 11.5 Å². The number of esters is 4. The van der Waals surface area contributed by atoms with Crippen molar-refractivity contribution < 1.29 is 57.1 Å². The van der Waals surface area contributed by atoms with Gasteiger partial charge < -0.3 is 37.9 Å². The quantitative estimate of drug-likeness (QED) is 0.0229. The van der Waals surface area contributed by atoms with Crippen LogP contribution in [-0.2, 0) is 38.0 Å². The van der Waals surface area contributed by atoms with E-state index in [1.165, 1.54) is 12.2 Å². The Morgan fingerprint density at radius 3 is 1.17 bits per heavy atom. The van der Waals surface area contributed by atoms with Crippen LogP contribution in [0.3, 0.4) is 0 Å². The first-order chi connectivity index (χ1) is 31.3. The lowest BCUT2D eigenvalue weighted by atomic mass is 10.1. The number of rotatable bonds is 28. The number of carbonyl (C=O) groups excluding carboxylic acids is 4. The van der Waals surface area contributed by atoms with Crippen molar-refractivity contribution in [1.29, 1.82) is 0 Å². The van der Waals surface area contributed by atoms with Crippen LogP contribution in [0.2, 0.25) is 0 Å². The second kappa shape index (κ2) is 27.5. The molecule has 1 aliphatic heterocycles. The predicted molar refractivity (Wildman–Crippen MR) is 234 cm³/mol. The lowest BCUT2D eigenvalue weighted by Gasteiger charge is -2.30. The minimum Gasteiger partial charge on any atom is -0.490 e. The molecule has 0 amide bonds. The highest BCUT2D eigenvalue weighted by atomic mass is 16.8. The van der Waals surface area contributed by atoms with Crippen molar-refractivity contribution in [3.8, 4) is 34.3 Å². The van der Waals surface area contributed by atoms with Crippen LogP contribution in [0.25, 0.3) is 22.8 Å². The Morgan fingerprint density at radius 2 is 0.828 bits per heavy atom. The molecule has 3 heterocycles. The van der Waals surface area contributed by atoms with Crippen LogP contribution in [0.1, 0.15) is 97.8 Å². The summed E-state index contributed by atoms with van der Waals surface area (Å²) in [6, 6.07) is 13.1. The summed E-state index contributed by atoms with van der Waals surface area (Å²) in [5, 5.41) is 0. The predicted octanol–water partition coefficient (Wildman–Crippen LogP) is 8.21. The summed E-state index contributed by atoms with van der Waals surface area (Å²) in [6.07, 6.45) is 18.0. The molecule has 1 aliphatic rings. The average molecular weight is 881 g/mol. The van der Waals surface area contributed by atoms with Crippen molar-refractivity contribution in [3.63, 3.8) is 0 Å². The molecule has 5 rings (SSSR count). The maximum Gasteiger partial charge on any atom is 0.340 e. The lowest BCUT2D eigenvalue weighted by Crippen LogP contribution is -2.44. The molecule has 1 saturated heterocycles. The molecule has 2 atom stereocenters. The number of hydrogen-bond acceptors (Lipinski definition) is 16. The van der Waals surface area contributed by atoms with Gasteiger partial charge in [-0.05, 0) is 49.9 Å². The third kappa shape index (κ3) is 17.0. The molecule has 0 radical (unpaired) electrons. The van der Waals surface area contributed by atoms with Crippen LogP contribution in [0.4, 0.5) is 0 Å². The SMILES string of the molecule is C=CC(=O)OCCCCCCCCOc1cnc(-c2ccc(C(=O)O[C@H]3OCCO[C@@H]3OC(=O)c3ccc(-c4ncc(OCCCCCCCCOC(=O)C=C)cn4)cc3)cc2)nc1. The maximum atomic E-state index is 13.1. The minimum absolute atomic E-state index is 0.137. The zero-order chi connectivity index (χ0) is 45.2. The molecule has 0 aliphatic carbocycles. The van der Waals surface area contributed by atoms with Gasteiger partial charge in [-0.2, -0.15) is 0 Å². The van der Waals surface area contributed by atoms with E-state index in [1.54, 1.807) is 73.3 Å². The van der Waals surface area contributed by atoms with E-state index in [0.717, 1.165) is 77.0 Å². The Hall–Kier alpha value is -6.52. The number of ether oxygens (including phenoxy) is 8. The fourth-order valence-electron chi connectivity index (χ4n) is 6.27. The van der Waals surface area contributed by atoms with Crippen molar-refractivity contribution >= 4 is 23.9 Å². The monoisotopic (exact) mass is 880 g/mol. The minimum atomic E-state index is -1.29. The summed E-state index contributed by atoms with van der Waals surface area (Å²) in [4.78, 5) is 65.9. The van der Waals surface area contributed by atoms with Crippen LogP contribution in [0, 0.1) is 0 Å². The van der Waals surface area contributed by atoms with Gasteiger partial charge in [-0.3, -0.25) is 0 Å². The number of benzene rings is 2. The summed E-state index contributed by atoms with van der Waals surface area (Å²) in [5.41, 5.74) is 1.84. The van der Waals surface area contributed by atoms with Crippen LogP contribution in [-0.4, -0.2) is 96.0 Å². The molecule has 2 aromatic carbocycles. The van der Waals surface area contributed by atoms with Gasteiger partial charge in [-0.15, -0.1) is 0 Å². The average Bonchev–Trinajstić information content (AvgIpc) is 3.33. The van der Waals surface area contributed by atoms with E-state index in [2.05, 4.69) is 33.1 Å². The number of carbonyl (C=O) groups is 4. The van der Waals surface area contributed by atoms with Crippen molar-refractivity contribution in [3.05, 3.63) is 110 Å². The van der Waals surface area contributed by atoms with E-state index in [-0.39, 0.29) is 36.3 Å². The Balaban J connectivity index is 0.987. The normalized spacial score (nSPS) is 14.4. The number of aromatic nitrogens is 4. The topological polar surface area (TPSA) is 194 Å². The van der Waals surface area contributed by atoms with Gasteiger partial charge in [-0.25, -0.2) is 39.1 Å². The van der Waals surface area contributed by atoms with E-state index in [1.807, 2.05) is 0 Å². The molecule has 0 unspecified atom stereocenters. The number of nitrogens with zero attached hydrogens (tertiary/aromatic N) is 4. The summed E-state index contributed by atoms with van der Waals surface area (Å²) in [6.45, 7) is 8.97. The smallest absolute Gasteiger partial charge is 0.340 e. The van der Waals surface area contributed by atoms with Crippen LogP contribution in [0.15, 0.2) is 98.6 Å². The molecule has 0 bridgehead atoms. The van der Waals surface area contributed by atoms with E-state index in [9.17, 15) is 19.2 Å². The second-order valence-electron chi connectivity index (χ2n) is 14.6. The van der Waals surface area contributed by atoms with Crippen molar-refractivity contribution in [2.24, 2.45) is 0 Å². The molecular formula is C48H56N4O12. The largest absolute Gasteiger partial charge is 0.490 e. The third-order valence-electron chi connectivity index (χ3n) is 9.77. The summed E-state index contributed by atoms with van der Waals surface area (Å²) >= 11 is 0. The molecule has 64 heavy (non-hydrogen) atoms. The van der Waals surface area contributed by atoms with E-state index in [0.29, 0.717) is 60.7 Å². The van der Waals surface area contributed by atoms with Gasteiger partial charge in [0.1, 0.15) is 0 Å². The van der Waals surface area contributed by atoms with Gasteiger partial charge in [0.15, 0.2) is 23.1 Å². The third-order valence-corrected chi connectivity index (χ3v) is 9.77. The Morgan fingerprint density at radius 1 is 0.500 bits per heavy atom. The number of hydrogen-bond donors (Lipinski definition) is 0. The Bertz CT molecular complexity index is 1910. The molecular weight excluding hydrogens is 825 g/mol. The van der Waals surface area contributed by atoms with Crippen molar-refractivity contribution in [2.75, 3.05) is 39.6 Å².